The summed E-state index contributed by atoms with van der Waals surface area (Å²) in [5.74, 6) is 2.31. The average Bonchev–Trinajstić information content (AvgIpc) is 3.80. The predicted molar refractivity (Wildman–Crippen MR) is 189 cm³/mol. The van der Waals surface area contributed by atoms with Gasteiger partial charge in [-0.2, -0.15) is 15.0 Å². The first kappa shape index (κ1) is 25.7. The Morgan fingerprint density at radius 2 is 0.660 bits per heavy atom. The van der Waals surface area contributed by atoms with Gasteiger partial charge in [-0.05, 0) is 36.4 Å². The molecule has 0 aliphatic rings. The Bertz CT molecular complexity index is 2570. The van der Waals surface area contributed by atoms with Crippen LogP contribution in [0.2, 0.25) is 0 Å². The fourth-order valence-electron chi connectivity index (χ4n) is 6.93. The number of hydrogen-bond acceptors (Lipinski definition) is 4. The second kappa shape index (κ2) is 9.95. The molecule has 0 spiro atoms. The zero-order valence-electron chi connectivity index (χ0n) is 25.1. The molecule has 0 bridgehead atoms. The van der Waals surface area contributed by atoms with Gasteiger partial charge in [-0.25, -0.2) is 4.98 Å². The quantitative estimate of drug-likeness (QED) is 0.201. The fraction of sp³-hybridized carbons (Fsp3) is 0. The first-order valence-electron chi connectivity index (χ1n) is 15.6. The van der Waals surface area contributed by atoms with Gasteiger partial charge in [-0.1, -0.05) is 115 Å². The number of aromatic nitrogens is 7. The standard InChI is InChI=1S/C40H25N7/c1-2-14-26(15-3-1)37-41-31-20-8-13-25-36(31)47(37)40-43-38(45-32-21-9-4-16-27(32)28-17-5-10-22-33(28)45)42-39(44-40)46-34-23-11-6-18-29(34)30-19-7-12-24-35(30)46/h1-25H. The van der Waals surface area contributed by atoms with Gasteiger partial charge in [0.25, 0.3) is 0 Å². The van der Waals surface area contributed by atoms with Crippen molar-refractivity contribution in [3.05, 3.63) is 152 Å². The van der Waals surface area contributed by atoms with Gasteiger partial charge in [0.1, 0.15) is 5.82 Å². The summed E-state index contributed by atoms with van der Waals surface area (Å²) < 4.78 is 6.35. The van der Waals surface area contributed by atoms with Crippen LogP contribution >= 0.6 is 0 Å². The maximum atomic E-state index is 5.28. The van der Waals surface area contributed by atoms with Crippen LogP contribution in [0.15, 0.2) is 152 Å². The van der Waals surface area contributed by atoms with Crippen molar-refractivity contribution in [1.82, 2.24) is 33.6 Å². The van der Waals surface area contributed by atoms with Crippen LogP contribution in [-0.2, 0) is 0 Å². The summed E-state index contributed by atoms with van der Waals surface area (Å²) in [7, 11) is 0. The van der Waals surface area contributed by atoms with Gasteiger partial charge in [-0.15, -0.1) is 0 Å². The Hall–Kier alpha value is -6.60. The first-order valence-corrected chi connectivity index (χ1v) is 15.6. The molecule has 0 atom stereocenters. The van der Waals surface area contributed by atoms with E-state index in [1.807, 2.05) is 36.4 Å². The van der Waals surface area contributed by atoms with E-state index in [1.165, 1.54) is 0 Å². The van der Waals surface area contributed by atoms with Gasteiger partial charge >= 0.3 is 0 Å². The molecule has 7 nitrogen and oxygen atoms in total. The highest BCUT2D eigenvalue weighted by molar-refractivity contribution is 6.10. The van der Waals surface area contributed by atoms with Crippen LogP contribution < -0.4 is 0 Å². The minimum atomic E-state index is 0.487. The Morgan fingerprint density at radius 3 is 1.13 bits per heavy atom. The number of rotatable bonds is 4. The number of para-hydroxylation sites is 6. The fourth-order valence-corrected chi connectivity index (χ4v) is 6.93. The Balaban J connectivity index is 1.37. The monoisotopic (exact) mass is 603 g/mol. The van der Waals surface area contributed by atoms with E-state index in [1.54, 1.807) is 0 Å². The zero-order chi connectivity index (χ0) is 30.9. The summed E-state index contributed by atoms with van der Waals surface area (Å²) in [4.78, 5) is 20.9. The van der Waals surface area contributed by atoms with E-state index in [4.69, 9.17) is 19.9 Å². The average molecular weight is 604 g/mol. The predicted octanol–water partition coefficient (Wildman–Crippen LogP) is 9.07. The minimum absolute atomic E-state index is 0.487. The van der Waals surface area contributed by atoms with Gasteiger partial charge in [0.05, 0.1) is 33.1 Å². The molecule has 0 unspecified atom stereocenters. The van der Waals surface area contributed by atoms with Crippen LogP contribution in [0.4, 0.5) is 0 Å². The zero-order valence-corrected chi connectivity index (χ0v) is 25.1. The van der Waals surface area contributed by atoms with Crippen molar-refractivity contribution < 1.29 is 0 Å². The molecule has 4 aromatic heterocycles. The number of hydrogen-bond donors (Lipinski definition) is 0. The summed E-state index contributed by atoms with van der Waals surface area (Å²) in [6.45, 7) is 0. The minimum Gasteiger partial charge on any atom is -0.278 e. The summed E-state index contributed by atoms with van der Waals surface area (Å²) >= 11 is 0. The normalized spacial score (nSPS) is 11.8. The van der Waals surface area contributed by atoms with Gasteiger partial charge in [0.15, 0.2) is 0 Å². The molecular formula is C40H25N7. The van der Waals surface area contributed by atoms with Crippen LogP contribution in [0.1, 0.15) is 0 Å². The van der Waals surface area contributed by atoms with Crippen LogP contribution in [0.5, 0.6) is 0 Å². The molecule has 0 aliphatic carbocycles. The van der Waals surface area contributed by atoms with Crippen molar-refractivity contribution in [2.75, 3.05) is 0 Å². The molecule has 0 saturated heterocycles. The van der Waals surface area contributed by atoms with E-state index in [9.17, 15) is 0 Å². The first-order chi connectivity index (χ1) is 23.3. The Morgan fingerprint density at radius 1 is 0.298 bits per heavy atom. The largest absolute Gasteiger partial charge is 0.278 e. The van der Waals surface area contributed by atoms with E-state index in [2.05, 4.69) is 129 Å². The van der Waals surface area contributed by atoms with Crippen molar-refractivity contribution in [3.63, 3.8) is 0 Å². The number of benzene rings is 6. The molecule has 47 heavy (non-hydrogen) atoms. The Labute approximate surface area is 268 Å². The topological polar surface area (TPSA) is 66.3 Å². The number of imidazole rings is 1. The molecule has 0 aliphatic heterocycles. The Kier molecular flexibility index (Phi) is 5.44. The molecular weight excluding hydrogens is 578 g/mol. The molecule has 10 aromatic rings. The van der Waals surface area contributed by atoms with Crippen molar-refractivity contribution in [2.24, 2.45) is 0 Å². The van der Waals surface area contributed by atoms with E-state index >= 15 is 0 Å². The van der Waals surface area contributed by atoms with Crippen LogP contribution in [-0.4, -0.2) is 33.6 Å². The lowest BCUT2D eigenvalue weighted by atomic mass is 10.2. The van der Waals surface area contributed by atoms with Crippen LogP contribution in [0.3, 0.4) is 0 Å². The highest BCUT2D eigenvalue weighted by atomic mass is 15.3. The third kappa shape index (κ3) is 3.80. The lowest BCUT2D eigenvalue weighted by molar-refractivity contribution is 0.839. The number of nitrogens with zero attached hydrogens (tertiary/aromatic N) is 7. The van der Waals surface area contributed by atoms with Crippen LogP contribution in [0, 0.1) is 0 Å². The highest BCUT2D eigenvalue weighted by Crippen LogP contribution is 2.35. The SMILES string of the molecule is c1ccc(-c2nc3ccccc3n2-c2nc(-n3c4ccccc4c4ccccc43)nc(-n3c4ccccc4c4ccccc43)n2)cc1. The lowest BCUT2D eigenvalue weighted by Gasteiger charge is -2.14. The maximum Gasteiger partial charge on any atom is 0.242 e. The molecule has 0 amide bonds. The third-order valence-corrected chi connectivity index (χ3v) is 8.95. The molecule has 0 fully saturated rings. The second-order valence-electron chi connectivity index (χ2n) is 11.6. The molecule has 7 heteroatoms. The molecule has 10 rings (SSSR count). The van der Waals surface area contributed by atoms with Gasteiger partial charge in [-0.3, -0.25) is 13.7 Å². The van der Waals surface area contributed by atoms with Crippen molar-refractivity contribution in [3.8, 4) is 29.2 Å². The van der Waals surface area contributed by atoms with E-state index < -0.39 is 0 Å². The summed E-state index contributed by atoms with van der Waals surface area (Å²) in [6, 6.07) is 52.0. The number of fused-ring (bicyclic) bond motifs is 7. The van der Waals surface area contributed by atoms with Gasteiger partial charge in [0.2, 0.25) is 17.8 Å². The molecule has 0 saturated carbocycles. The molecule has 220 valence electrons. The van der Waals surface area contributed by atoms with Crippen molar-refractivity contribution >= 4 is 54.6 Å². The molecule has 4 heterocycles. The maximum absolute atomic E-state index is 5.28. The lowest BCUT2D eigenvalue weighted by Crippen LogP contribution is -2.13. The van der Waals surface area contributed by atoms with E-state index in [0.717, 1.165) is 66.0 Å². The second-order valence-corrected chi connectivity index (χ2v) is 11.6. The van der Waals surface area contributed by atoms with Gasteiger partial charge in [0, 0.05) is 27.1 Å². The summed E-state index contributed by atoms with van der Waals surface area (Å²) in [5, 5.41) is 4.56. The summed E-state index contributed by atoms with van der Waals surface area (Å²) in [5.41, 5.74) is 6.86. The van der Waals surface area contributed by atoms with E-state index in [-0.39, 0.29) is 0 Å². The summed E-state index contributed by atoms with van der Waals surface area (Å²) in [6.07, 6.45) is 0. The smallest absolute Gasteiger partial charge is 0.242 e. The van der Waals surface area contributed by atoms with Crippen molar-refractivity contribution in [2.45, 2.75) is 0 Å². The van der Waals surface area contributed by atoms with Gasteiger partial charge < -0.3 is 0 Å². The van der Waals surface area contributed by atoms with Crippen molar-refractivity contribution in [1.29, 1.82) is 0 Å². The molecule has 0 radical (unpaired) electrons. The highest BCUT2D eigenvalue weighted by Gasteiger charge is 2.23. The molecule has 6 aromatic carbocycles. The molecule has 0 N–H and O–H groups in total. The third-order valence-electron chi connectivity index (χ3n) is 8.95. The van der Waals surface area contributed by atoms with E-state index in [0.29, 0.717) is 17.8 Å². The van der Waals surface area contributed by atoms with Crippen LogP contribution in [0.25, 0.3) is 83.9 Å².